The van der Waals surface area contributed by atoms with Gasteiger partial charge >= 0.3 is 5.97 Å². The molecule has 0 radical (unpaired) electrons. The highest BCUT2D eigenvalue weighted by molar-refractivity contribution is 5.66. The molecule has 6 atom stereocenters. The first-order valence-corrected chi connectivity index (χ1v) is 9.90. The van der Waals surface area contributed by atoms with E-state index in [9.17, 15) is 4.79 Å². The maximum absolute atomic E-state index is 11.9. The number of carbonyl (C=O) groups is 1. The molecular weight excluding hydrogens is 312 g/mol. The smallest absolute Gasteiger partial charge is 0.303 e. The van der Waals surface area contributed by atoms with Gasteiger partial charge in [0.05, 0.1) is 6.10 Å². The normalized spacial score (nSPS) is 43.2. The standard InChI is InChI=1S/C22H34O3/c1-13(2)17-10-9-15(4)19-18-12-14(3)8-7-11-22(6,25-16(5)23)21(24-18)20(17)19/h8-9,13,17-21H,7,10-12H2,1-6H3/b14-8+/t17-,18-,19-,20-,21-,22-/m1/s1. The molecule has 2 aliphatic heterocycles. The Kier molecular flexibility index (Phi) is 5.16. The molecule has 1 aliphatic carbocycles. The molecule has 0 aromatic rings. The monoisotopic (exact) mass is 346 g/mol. The predicted molar refractivity (Wildman–Crippen MR) is 100 cm³/mol. The summed E-state index contributed by atoms with van der Waals surface area (Å²) >= 11 is 0. The molecule has 1 fully saturated rings. The lowest BCUT2D eigenvalue weighted by molar-refractivity contribution is -0.178. The Hall–Kier alpha value is -1.09. The highest BCUT2D eigenvalue weighted by Gasteiger charge is 2.57. The van der Waals surface area contributed by atoms with Gasteiger partial charge in [0.15, 0.2) is 0 Å². The summed E-state index contributed by atoms with van der Waals surface area (Å²) in [6.45, 7) is 12.7. The van der Waals surface area contributed by atoms with Crippen molar-refractivity contribution >= 4 is 5.97 Å². The lowest BCUT2D eigenvalue weighted by Crippen LogP contribution is -2.50. The van der Waals surface area contributed by atoms with Gasteiger partial charge in [-0.3, -0.25) is 4.79 Å². The third-order valence-electron chi connectivity index (χ3n) is 6.71. The van der Waals surface area contributed by atoms with E-state index in [-0.39, 0.29) is 18.2 Å². The SMILES string of the molecule is CC(=O)O[C@]1(C)CC/C=C(\C)C[C@H]2O[C@@H]1[C@H]1[C@@H]2C(C)=CC[C@@H]1C(C)C. The Labute approximate surface area is 152 Å². The van der Waals surface area contributed by atoms with Crippen LogP contribution < -0.4 is 0 Å². The van der Waals surface area contributed by atoms with E-state index in [1.54, 1.807) is 0 Å². The summed E-state index contributed by atoms with van der Waals surface area (Å²) in [7, 11) is 0. The van der Waals surface area contributed by atoms with Crippen LogP contribution >= 0.6 is 0 Å². The fourth-order valence-corrected chi connectivity index (χ4v) is 5.53. The molecule has 0 amide bonds. The summed E-state index contributed by atoms with van der Waals surface area (Å²) in [6.07, 6.45) is 8.81. The molecule has 0 aromatic heterocycles. The number of carbonyl (C=O) groups excluding carboxylic acids is 1. The molecule has 3 aliphatic rings. The topological polar surface area (TPSA) is 35.5 Å². The number of esters is 1. The quantitative estimate of drug-likeness (QED) is 0.518. The summed E-state index contributed by atoms with van der Waals surface area (Å²) < 4.78 is 12.6. The molecule has 3 heteroatoms. The van der Waals surface area contributed by atoms with Crippen molar-refractivity contribution in [2.45, 2.75) is 85.0 Å². The van der Waals surface area contributed by atoms with Crippen molar-refractivity contribution in [2.24, 2.45) is 23.7 Å². The van der Waals surface area contributed by atoms with E-state index in [0.717, 1.165) is 25.7 Å². The Morgan fingerprint density at radius 1 is 1.32 bits per heavy atom. The summed E-state index contributed by atoms with van der Waals surface area (Å²) in [5.41, 5.74) is 2.32. The summed E-state index contributed by atoms with van der Waals surface area (Å²) in [4.78, 5) is 11.9. The second kappa shape index (κ2) is 6.90. The molecule has 1 saturated heterocycles. The zero-order chi connectivity index (χ0) is 18.4. The van der Waals surface area contributed by atoms with Crippen molar-refractivity contribution < 1.29 is 14.3 Å². The van der Waals surface area contributed by atoms with Crippen molar-refractivity contribution in [1.82, 2.24) is 0 Å². The number of hydrogen-bond acceptors (Lipinski definition) is 3. The molecular formula is C22H34O3. The van der Waals surface area contributed by atoms with Crippen molar-refractivity contribution in [3.8, 4) is 0 Å². The van der Waals surface area contributed by atoms with Gasteiger partial charge in [-0.05, 0) is 58.3 Å². The van der Waals surface area contributed by atoms with Crippen LogP contribution in [0.25, 0.3) is 0 Å². The first-order chi connectivity index (χ1) is 11.7. The van der Waals surface area contributed by atoms with Crippen LogP contribution in [-0.2, 0) is 14.3 Å². The van der Waals surface area contributed by atoms with Crippen LogP contribution in [0.5, 0.6) is 0 Å². The van der Waals surface area contributed by atoms with Crippen molar-refractivity contribution in [2.75, 3.05) is 0 Å². The van der Waals surface area contributed by atoms with Crippen LogP contribution in [0.1, 0.15) is 67.2 Å². The van der Waals surface area contributed by atoms with Gasteiger partial charge in [-0.1, -0.05) is 37.1 Å². The van der Waals surface area contributed by atoms with Crippen LogP contribution in [0.2, 0.25) is 0 Å². The molecule has 25 heavy (non-hydrogen) atoms. The Balaban J connectivity index is 2.06. The van der Waals surface area contributed by atoms with Crippen LogP contribution in [0.15, 0.2) is 23.3 Å². The van der Waals surface area contributed by atoms with Gasteiger partial charge in [0, 0.05) is 18.8 Å². The Morgan fingerprint density at radius 3 is 2.68 bits per heavy atom. The third-order valence-corrected chi connectivity index (χ3v) is 6.71. The van der Waals surface area contributed by atoms with Gasteiger partial charge in [0.25, 0.3) is 0 Å². The van der Waals surface area contributed by atoms with Gasteiger partial charge in [-0.2, -0.15) is 0 Å². The van der Waals surface area contributed by atoms with E-state index in [0.29, 0.717) is 23.7 Å². The molecule has 0 saturated carbocycles. The van der Waals surface area contributed by atoms with E-state index in [1.165, 1.54) is 18.1 Å². The van der Waals surface area contributed by atoms with E-state index < -0.39 is 5.60 Å². The third kappa shape index (κ3) is 3.45. The minimum absolute atomic E-state index is 0.0123. The molecule has 3 rings (SSSR count). The van der Waals surface area contributed by atoms with E-state index in [4.69, 9.17) is 9.47 Å². The lowest BCUT2D eigenvalue weighted by atomic mass is 9.63. The van der Waals surface area contributed by atoms with Gasteiger partial charge in [-0.15, -0.1) is 0 Å². The van der Waals surface area contributed by atoms with Crippen LogP contribution in [0.4, 0.5) is 0 Å². The molecule has 140 valence electrons. The summed E-state index contributed by atoms with van der Waals surface area (Å²) in [5.74, 6) is 1.87. The van der Waals surface area contributed by atoms with Gasteiger partial charge < -0.3 is 9.47 Å². The van der Waals surface area contributed by atoms with Crippen molar-refractivity contribution in [3.05, 3.63) is 23.3 Å². The fourth-order valence-electron chi connectivity index (χ4n) is 5.53. The van der Waals surface area contributed by atoms with Gasteiger partial charge in [-0.25, -0.2) is 0 Å². The number of ether oxygens (including phenoxy) is 2. The zero-order valence-corrected chi connectivity index (χ0v) is 16.7. The number of hydrogen-bond donors (Lipinski definition) is 0. The van der Waals surface area contributed by atoms with Crippen LogP contribution in [0, 0.1) is 23.7 Å². The average Bonchev–Trinajstić information content (AvgIpc) is 2.88. The Morgan fingerprint density at radius 2 is 2.04 bits per heavy atom. The maximum atomic E-state index is 11.9. The van der Waals surface area contributed by atoms with E-state index in [1.807, 2.05) is 0 Å². The fraction of sp³-hybridized carbons (Fsp3) is 0.773. The second-order valence-corrected chi connectivity index (χ2v) is 8.99. The largest absolute Gasteiger partial charge is 0.457 e. The van der Waals surface area contributed by atoms with Crippen molar-refractivity contribution in [3.63, 3.8) is 0 Å². The molecule has 0 spiro atoms. The summed E-state index contributed by atoms with van der Waals surface area (Å²) in [5, 5.41) is 0. The first-order valence-electron chi connectivity index (χ1n) is 9.90. The number of rotatable bonds is 2. The molecule has 0 unspecified atom stereocenters. The zero-order valence-electron chi connectivity index (χ0n) is 16.7. The molecule has 0 N–H and O–H groups in total. The number of allylic oxidation sites excluding steroid dienone is 2. The molecule has 2 heterocycles. The molecule has 0 aromatic carbocycles. The minimum atomic E-state index is -0.546. The number of fused-ring (bicyclic) bond motifs is 5. The lowest BCUT2D eigenvalue weighted by Gasteiger charge is -2.43. The van der Waals surface area contributed by atoms with Gasteiger partial charge in [0.2, 0.25) is 0 Å². The van der Waals surface area contributed by atoms with E-state index in [2.05, 4.69) is 46.8 Å². The molecule has 3 nitrogen and oxygen atoms in total. The predicted octanol–water partition coefficient (Wildman–Crippen LogP) is 5.06. The highest BCUT2D eigenvalue weighted by atomic mass is 16.6. The molecule has 2 bridgehead atoms. The Bertz CT molecular complexity index is 588. The van der Waals surface area contributed by atoms with E-state index >= 15 is 0 Å². The van der Waals surface area contributed by atoms with Crippen LogP contribution in [0.3, 0.4) is 0 Å². The highest BCUT2D eigenvalue weighted by Crippen LogP contribution is 2.53. The summed E-state index contributed by atoms with van der Waals surface area (Å²) in [6, 6.07) is 0. The first kappa shape index (κ1) is 18.7. The maximum Gasteiger partial charge on any atom is 0.303 e. The average molecular weight is 347 g/mol. The van der Waals surface area contributed by atoms with Crippen molar-refractivity contribution in [1.29, 1.82) is 0 Å². The van der Waals surface area contributed by atoms with Gasteiger partial charge in [0.1, 0.15) is 11.7 Å². The minimum Gasteiger partial charge on any atom is -0.457 e. The van der Waals surface area contributed by atoms with Crippen LogP contribution in [-0.4, -0.2) is 23.8 Å². The second-order valence-electron chi connectivity index (χ2n) is 8.99.